The predicted molar refractivity (Wildman–Crippen MR) is 160 cm³/mol. The van der Waals surface area contributed by atoms with E-state index in [0.29, 0.717) is 59.2 Å². The average molecular weight is 620 g/mol. The molecular formula is C29H39BrN4O6. The monoisotopic (exact) mass is 618 g/mol. The van der Waals surface area contributed by atoms with Gasteiger partial charge in [-0.1, -0.05) is 20.8 Å². The number of fused-ring (bicyclic) bond motifs is 1. The van der Waals surface area contributed by atoms with Crippen molar-refractivity contribution < 1.29 is 29.0 Å². The molecule has 2 aromatic rings. The lowest BCUT2D eigenvalue weighted by Crippen LogP contribution is -2.33. The van der Waals surface area contributed by atoms with Crippen molar-refractivity contribution in [2.45, 2.75) is 53.5 Å². The zero-order chi connectivity index (χ0) is 29.1. The predicted octanol–water partition coefficient (Wildman–Crippen LogP) is 5.25. The van der Waals surface area contributed by atoms with Crippen molar-refractivity contribution in [2.24, 2.45) is 0 Å². The molecule has 3 rings (SSSR count). The summed E-state index contributed by atoms with van der Waals surface area (Å²) < 4.78 is 11.5. The second-order valence-electron chi connectivity index (χ2n) is 10.2. The van der Waals surface area contributed by atoms with E-state index in [0.717, 1.165) is 5.56 Å². The van der Waals surface area contributed by atoms with Crippen LogP contribution in [0.4, 0.5) is 10.5 Å². The van der Waals surface area contributed by atoms with Gasteiger partial charge in [0.2, 0.25) is 0 Å². The average Bonchev–Trinajstić information content (AvgIpc) is 3.17. The van der Waals surface area contributed by atoms with Gasteiger partial charge in [0, 0.05) is 31.3 Å². The number of nitrogens with zero attached hydrogens (tertiary/aromatic N) is 2. The van der Waals surface area contributed by atoms with Crippen molar-refractivity contribution in [1.29, 1.82) is 5.41 Å². The van der Waals surface area contributed by atoms with Crippen LogP contribution in [0.1, 0.15) is 78.9 Å². The van der Waals surface area contributed by atoms with Gasteiger partial charge in [-0.3, -0.25) is 19.9 Å². The summed E-state index contributed by atoms with van der Waals surface area (Å²) in [5.41, 5.74) is 2.71. The molecule has 3 N–H and O–H groups in total. The van der Waals surface area contributed by atoms with Gasteiger partial charge in [0.05, 0.1) is 31.0 Å². The first-order valence-electron chi connectivity index (χ1n) is 13.1. The number of hydrogen-bond acceptors (Lipinski definition) is 6. The summed E-state index contributed by atoms with van der Waals surface area (Å²) >= 11 is 0. The molecule has 1 heterocycles. The Balaban J connectivity index is 0.00000560. The van der Waals surface area contributed by atoms with Crippen molar-refractivity contribution in [1.82, 2.24) is 10.2 Å². The van der Waals surface area contributed by atoms with Gasteiger partial charge >= 0.3 is 6.09 Å². The number of amidine groups is 1. The first-order chi connectivity index (χ1) is 18.4. The first kappa shape index (κ1) is 32.6. The Bertz CT molecular complexity index is 1300. The Labute approximate surface area is 245 Å². The van der Waals surface area contributed by atoms with E-state index >= 15 is 0 Å². The number of hydrogen-bond donors (Lipinski definition) is 3. The highest BCUT2D eigenvalue weighted by Gasteiger charge is 2.32. The summed E-state index contributed by atoms with van der Waals surface area (Å²) in [7, 11) is 1.53. The van der Waals surface area contributed by atoms with Crippen LogP contribution >= 0.6 is 17.0 Å². The largest absolute Gasteiger partial charge is 0.493 e. The van der Waals surface area contributed by atoms with Crippen molar-refractivity contribution >= 4 is 46.3 Å². The van der Waals surface area contributed by atoms with Gasteiger partial charge in [0.25, 0.3) is 5.91 Å². The molecule has 0 fully saturated rings. The van der Waals surface area contributed by atoms with Gasteiger partial charge in [-0.25, -0.2) is 4.79 Å². The van der Waals surface area contributed by atoms with Crippen molar-refractivity contribution in [3.63, 3.8) is 0 Å². The lowest BCUT2D eigenvalue weighted by molar-refractivity contribution is 0.0953. The number of carbonyl (C=O) groups excluding carboxylic acids is 2. The van der Waals surface area contributed by atoms with Crippen molar-refractivity contribution in [3.05, 3.63) is 52.1 Å². The van der Waals surface area contributed by atoms with E-state index in [-0.39, 0.29) is 47.6 Å². The number of carbonyl (C=O) groups is 3. The van der Waals surface area contributed by atoms with E-state index < -0.39 is 11.5 Å². The number of amides is 2. The van der Waals surface area contributed by atoms with Crippen LogP contribution in [0.2, 0.25) is 0 Å². The third kappa shape index (κ3) is 6.57. The minimum Gasteiger partial charge on any atom is -0.493 e. The van der Waals surface area contributed by atoms with Crippen molar-refractivity contribution in [3.8, 4) is 11.5 Å². The lowest BCUT2D eigenvalue weighted by atomic mass is 9.83. The number of ether oxygens (including phenoxy) is 2. The second-order valence-corrected chi connectivity index (χ2v) is 10.2. The Morgan fingerprint density at radius 3 is 2.20 bits per heavy atom. The lowest BCUT2D eigenvalue weighted by Gasteiger charge is -2.30. The third-order valence-corrected chi connectivity index (χ3v) is 6.57. The van der Waals surface area contributed by atoms with Gasteiger partial charge in [-0.05, 0) is 61.6 Å². The van der Waals surface area contributed by atoms with Crippen LogP contribution in [-0.4, -0.2) is 67.0 Å². The van der Waals surface area contributed by atoms with E-state index in [2.05, 4.69) is 5.32 Å². The molecule has 0 aromatic heterocycles. The highest BCUT2D eigenvalue weighted by molar-refractivity contribution is 8.93. The Morgan fingerprint density at radius 1 is 1.05 bits per heavy atom. The molecule has 40 heavy (non-hydrogen) atoms. The van der Waals surface area contributed by atoms with Gasteiger partial charge in [0.15, 0.2) is 5.78 Å². The second kappa shape index (κ2) is 13.2. The molecule has 0 spiro atoms. The first-order valence-corrected chi connectivity index (χ1v) is 13.1. The quantitative estimate of drug-likeness (QED) is 0.310. The van der Waals surface area contributed by atoms with E-state index in [9.17, 15) is 19.5 Å². The van der Waals surface area contributed by atoms with E-state index in [4.69, 9.17) is 14.9 Å². The van der Waals surface area contributed by atoms with Crippen LogP contribution in [0.5, 0.6) is 11.5 Å². The summed E-state index contributed by atoms with van der Waals surface area (Å²) in [6.45, 7) is 12.4. The molecule has 0 saturated heterocycles. The maximum absolute atomic E-state index is 13.6. The van der Waals surface area contributed by atoms with E-state index in [1.54, 1.807) is 43.0 Å². The number of halogens is 1. The Morgan fingerprint density at radius 2 is 1.68 bits per heavy atom. The van der Waals surface area contributed by atoms with Gasteiger partial charge < -0.3 is 24.8 Å². The maximum atomic E-state index is 13.6. The summed E-state index contributed by atoms with van der Waals surface area (Å²) in [5.74, 6) is 0.355. The zero-order valence-corrected chi connectivity index (χ0v) is 25.8. The molecule has 218 valence electrons. The van der Waals surface area contributed by atoms with Crippen LogP contribution in [0.25, 0.3) is 0 Å². The number of anilines is 1. The number of carboxylic acid groups (broad SMARTS) is 1. The SMILES string of the molecule is Br.CCOc1cc2c(cc1C(=O)NC)C(=N)N(CC(=O)c1cc(OCC)c(N(CC)C(=O)O)c(C(C)(C)C)c1)C2. The molecule has 0 atom stereocenters. The molecule has 0 bridgehead atoms. The van der Waals surface area contributed by atoms with Crippen LogP contribution in [0, 0.1) is 5.41 Å². The number of ketones is 1. The molecule has 0 radical (unpaired) electrons. The normalized spacial score (nSPS) is 12.4. The van der Waals surface area contributed by atoms with Gasteiger partial charge in [0.1, 0.15) is 17.3 Å². The molecule has 11 heteroatoms. The number of rotatable bonds is 10. The summed E-state index contributed by atoms with van der Waals surface area (Å²) in [4.78, 5) is 40.9. The molecule has 0 saturated carbocycles. The van der Waals surface area contributed by atoms with Crippen LogP contribution in [-0.2, 0) is 12.0 Å². The molecule has 10 nitrogen and oxygen atoms in total. The molecule has 0 aliphatic carbocycles. The fourth-order valence-electron chi connectivity index (χ4n) is 4.69. The highest BCUT2D eigenvalue weighted by Crippen LogP contribution is 2.41. The van der Waals surface area contributed by atoms with Crippen LogP contribution in [0.15, 0.2) is 24.3 Å². The van der Waals surface area contributed by atoms with Gasteiger partial charge in [-0.15, -0.1) is 17.0 Å². The smallest absolute Gasteiger partial charge is 0.411 e. The standard InChI is InChI=1S/C29H38N4O6.BrH/c1-8-33(28(36)37)25-21(29(4,5)6)11-17(12-24(25)39-10-3)22(34)16-32-15-18-13-23(38-9-2)20(27(35)31-7)14-19(18)26(32)30;/h11-14,30H,8-10,15-16H2,1-7H3,(H,31,35)(H,36,37);1H. The Hall–Kier alpha value is -3.60. The maximum Gasteiger partial charge on any atom is 0.411 e. The van der Waals surface area contributed by atoms with Crippen molar-refractivity contribution in [2.75, 3.05) is 38.3 Å². The highest BCUT2D eigenvalue weighted by atomic mass is 79.9. The number of benzene rings is 2. The summed E-state index contributed by atoms with van der Waals surface area (Å²) in [6, 6.07) is 6.71. The molecule has 1 aliphatic heterocycles. The minimum atomic E-state index is -1.10. The number of nitrogens with one attached hydrogen (secondary N) is 2. The molecular weight excluding hydrogens is 580 g/mol. The number of Topliss-reactive ketones (excluding diaryl/α,β-unsaturated/α-hetero) is 1. The molecule has 0 unspecified atom stereocenters. The topological polar surface area (TPSA) is 132 Å². The van der Waals surface area contributed by atoms with Crippen LogP contribution < -0.4 is 19.7 Å². The fraction of sp³-hybridized carbons (Fsp3) is 0.448. The fourth-order valence-corrected chi connectivity index (χ4v) is 4.69. The summed E-state index contributed by atoms with van der Waals surface area (Å²) in [6.07, 6.45) is -1.10. The van der Waals surface area contributed by atoms with E-state index in [1.807, 2.05) is 27.7 Å². The van der Waals surface area contributed by atoms with Crippen LogP contribution in [0.3, 0.4) is 0 Å². The Kier molecular flexibility index (Phi) is 10.7. The minimum absolute atomic E-state index is 0. The zero-order valence-electron chi connectivity index (χ0n) is 24.1. The molecule has 2 amide bonds. The summed E-state index contributed by atoms with van der Waals surface area (Å²) in [5, 5.41) is 21.2. The molecule has 1 aliphatic rings. The van der Waals surface area contributed by atoms with E-state index in [1.165, 1.54) is 11.9 Å². The van der Waals surface area contributed by atoms with Gasteiger partial charge in [-0.2, -0.15) is 0 Å². The third-order valence-electron chi connectivity index (χ3n) is 6.57. The molecule has 2 aromatic carbocycles.